The number of Topliss-reactive ketones (excluding diaryl/α,β-unsaturated/α-hetero) is 1. The molecule has 0 aromatic heterocycles. The molecule has 4 saturated carbocycles. The van der Waals surface area contributed by atoms with Gasteiger partial charge >= 0.3 is 11.9 Å². The number of rotatable bonds is 9. The van der Waals surface area contributed by atoms with Crippen LogP contribution in [0.1, 0.15) is 127 Å². The van der Waals surface area contributed by atoms with E-state index in [2.05, 4.69) is 53.8 Å². The van der Waals surface area contributed by atoms with Crippen molar-refractivity contribution in [1.82, 2.24) is 5.32 Å². The number of aliphatic hydroxyl groups excluding tert-OH is 1. The van der Waals surface area contributed by atoms with E-state index in [1.807, 2.05) is 6.08 Å². The van der Waals surface area contributed by atoms with Gasteiger partial charge in [-0.2, -0.15) is 0 Å². The van der Waals surface area contributed by atoms with E-state index in [0.29, 0.717) is 18.3 Å². The summed E-state index contributed by atoms with van der Waals surface area (Å²) in [6.07, 6.45) is 11.5. The molecule has 0 aromatic carbocycles. The van der Waals surface area contributed by atoms with Gasteiger partial charge in [0.1, 0.15) is 6.10 Å². The number of amides is 1. The van der Waals surface area contributed by atoms with Crippen molar-refractivity contribution in [3.8, 4) is 0 Å². The predicted octanol–water partition coefficient (Wildman–Crippen LogP) is 7.04. The number of esters is 1. The Morgan fingerprint density at radius 1 is 0.958 bits per heavy atom. The summed E-state index contributed by atoms with van der Waals surface area (Å²) in [7, 11) is 0. The van der Waals surface area contributed by atoms with Crippen molar-refractivity contribution in [1.29, 1.82) is 0 Å². The molecule has 8 atom stereocenters. The van der Waals surface area contributed by atoms with Gasteiger partial charge in [-0.15, -0.1) is 0 Å². The third kappa shape index (κ3) is 5.60. The molecular weight excluding hydrogens is 606 g/mol. The normalized spacial score (nSPS) is 39.0. The van der Waals surface area contributed by atoms with Crippen molar-refractivity contribution in [3.05, 3.63) is 23.3 Å². The van der Waals surface area contributed by atoms with Crippen LogP contribution in [0.15, 0.2) is 23.3 Å². The zero-order chi connectivity index (χ0) is 35.7. The molecule has 0 spiro atoms. The van der Waals surface area contributed by atoms with Crippen LogP contribution in [0.5, 0.6) is 0 Å². The molecule has 8 nitrogen and oxygen atoms in total. The standard InChI is InChI=1S/C40H61NO7/c1-24(2)32-26(43)22-40(17-14-30(44)41-20-21-42)19-18-38(8)25(33(32)40)10-11-28-37(7)15-13-29(48-31(45)23-35(3,4)34(46)47)36(5,6)27(37)12-16-39(28,38)9/h14,17,24-25,27-29,42H,10-13,15-16,18-23H2,1-9H3,(H,41,44)(H,46,47)/t25-,27+,28-,29+,37+,38-,39-,40+/m1/s1. The SMILES string of the molecule is CC(C)C1=C2[C@H]3CC[C@@H]4[C@@]5(C)CC[C@H](OC(=O)CC(C)(C)C(=O)O)C(C)(C)[C@@H]5CC[C@@]4(C)[C@]3(C)CC[C@@]2(C=CC(=O)NCCO)CC1=O. The van der Waals surface area contributed by atoms with Gasteiger partial charge in [-0.1, -0.05) is 54.5 Å². The van der Waals surface area contributed by atoms with Crippen LogP contribution in [0, 0.1) is 56.2 Å². The number of ether oxygens (including phenoxy) is 1. The minimum absolute atomic E-state index is 0.00362. The number of allylic oxidation sites excluding steroid dienone is 3. The van der Waals surface area contributed by atoms with E-state index < -0.39 is 22.8 Å². The number of aliphatic carboxylic acids is 1. The largest absolute Gasteiger partial charge is 0.481 e. The summed E-state index contributed by atoms with van der Waals surface area (Å²) in [6.45, 7) is 19.6. The molecule has 4 fully saturated rings. The summed E-state index contributed by atoms with van der Waals surface area (Å²) >= 11 is 0. The Bertz CT molecular complexity index is 1410. The third-order valence-corrected chi connectivity index (χ3v) is 14.8. The molecule has 0 heterocycles. The first kappa shape index (κ1) is 36.8. The van der Waals surface area contributed by atoms with Crippen LogP contribution in [0.25, 0.3) is 0 Å². The number of carbonyl (C=O) groups excluding carboxylic acids is 3. The van der Waals surface area contributed by atoms with Crippen LogP contribution in [0.3, 0.4) is 0 Å². The summed E-state index contributed by atoms with van der Waals surface area (Å²) in [5.41, 5.74) is 0.563. The smallest absolute Gasteiger partial charge is 0.309 e. The third-order valence-electron chi connectivity index (χ3n) is 14.8. The molecule has 5 aliphatic rings. The molecule has 5 rings (SSSR count). The zero-order valence-corrected chi connectivity index (χ0v) is 31.0. The number of carboxylic acid groups (broad SMARTS) is 1. The Kier molecular flexibility index (Phi) is 9.49. The van der Waals surface area contributed by atoms with E-state index in [0.717, 1.165) is 56.9 Å². The maximum atomic E-state index is 13.8. The van der Waals surface area contributed by atoms with E-state index >= 15 is 0 Å². The van der Waals surface area contributed by atoms with Gasteiger partial charge in [0, 0.05) is 23.8 Å². The van der Waals surface area contributed by atoms with Crippen LogP contribution < -0.4 is 5.32 Å². The Balaban J connectivity index is 1.45. The summed E-state index contributed by atoms with van der Waals surface area (Å²) in [6, 6.07) is 0. The van der Waals surface area contributed by atoms with E-state index in [4.69, 9.17) is 4.74 Å². The Morgan fingerprint density at radius 2 is 1.65 bits per heavy atom. The van der Waals surface area contributed by atoms with Crippen LogP contribution in [-0.4, -0.2) is 53.1 Å². The van der Waals surface area contributed by atoms with Crippen molar-refractivity contribution in [2.45, 2.75) is 133 Å². The van der Waals surface area contributed by atoms with Crippen molar-refractivity contribution in [3.63, 3.8) is 0 Å². The second-order valence-corrected chi connectivity index (χ2v) is 18.4. The number of nitrogens with one attached hydrogen (secondary N) is 1. The number of hydrogen-bond donors (Lipinski definition) is 3. The zero-order valence-electron chi connectivity index (χ0n) is 31.0. The Labute approximate surface area is 287 Å². The lowest BCUT2D eigenvalue weighted by Gasteiger charge is -2.72. The van der Waals surface area contributed by atoms with E-state index in [1.165, 1.54) is 5.57 Å². The van der Waals surface area contributed by atoms with Gasteiger partial charge in [0.05, 0.1) is 18.4 Å². The molecule has 268 valence electrons. The lowest BCUT2D eigenvalue weighted by molar-refractivity contribution is -0.232. The molecule has 3 N–H and O–H groups in total. The molecule has 0 aliphatic heterocycles. The van der Waals surface area contributed by atoms with Crippen LogP contribution in [-0.2, 0) is 23.9 Å². The number of aliphatic hydroxyl groups is 1. The van der Waals surface area contributed by atoms with Gasteiger partial charge in [-0.25, -0.2) is 0 Å². The van der Waals surface area contributed by atoms with E-state index in [9.17, 15) is 29.4 Å². The Morgan fingerprint density at radius 3 is 2.27 bits per heavy atom. The maximum Gasteiger partial charge on any atom is 0.309 e. The van der Waals surface area contributed by atoms with Crippen LogP contribution >= 0.6 is 0 Å². The molecule has 8 heteroatoms. The number of carboxylic acids is 1. The first-order valence-electron chi connectivity index (χ1n) is 18.5. The Hall–Kier alpha value is -2.48. The molecule has 0 saturated heterocycles. The minimum atomic E-state index is -1.17. The van der Waals surface area contributed by atoms with E-state index in [-0.39, 0.29) is 70.9 Å². The molecule has 0 radical (unpaired) electrons. The molecule has 0 unspecified atom stereocenters. The maximum absolute atomic E-state index is 13.8. The number of carbonyl (C=O) groups is 4. The number of hydrogen-bond acceptors (Lipinski definition) is 6. The van der Waals surface area contributed by atoms with Crippen molar-refractivity contribution in [2.24, 2.45) is 56.2 Å². The number of fused-ring (bicyclic) bond motifs is 7. The van der Waals surface area contributed by atoms with Crippen LogP contribution in [0.2, 0.25) is 0 Å². The molecule has 1 amide bonds. The summed E-state index contributed by atoms with van der Waals surface area (Å²) in [5, 5.41) is 21.5. The average molecular weight is 668 g/mol. The first-order valence-corrected chi connectivity index (χ1v) is 18.5. The molecule has 48 heavy (non-hydrogen) atoms. The minimum Gasteiger partial charge on any atom is -0.481 e. The topological polar surface area (TPSA) is 130 Å². The quantitative estimate of drug-likeness (QED) is 0.178. The van der Waals surface area contributed by atoms with Gasteiger partial charge in [0.2, 0.25) is 5.91 Å². The fourth-order valence-corrected chi connectivity index (χ4v) is 12.2. The van der Waals surface area contributed by atoms with Crippen molar-refractivity contribution in [2.75, 3.05) is 13.2 Å². The highest BCUT2D eigenvalue weighted by Crippen LogP contribution is 2.76. The highest BCUT2D eigenvalue weighted by molar-refractivity contribution is 6.01. The van der Waals surface area contributed by atoms with Crippen molar-refractivity contribution >= 4 is 23.6 Å². The van der Waals surface area contributed by atoms with Gasteiger partial charge in [0.15, 0.2) is 5.78 Å². The summed E-state index contributed by atoms with van der Waals surface area (Å²) in [5.74, 6) is -0.186. The second kappa shape index (κ2) is 12.4. The van der Waals surface area contributed by atoms with Crippen molar-refractivity contribution < 1.29 is 34.1 Å². The summed E-state index contributed by atoms with van der Waals surface area (Å²) < 4.78 is 6.13. The fourth-order valence-electron chi connectivity index (χ4n) is 12.2. The number of ketones is 1. The first-order chi connectivity index (χ1) is 22.2. The fraction of sp³-hybridized carbons (Fsp3) is 0.800. The van der Waals surface area contributed by atoms with Crippen LogP contribution in [0.4, 0.5) is 0 Å². The predicted molar refractivity (Wildman–Crippen MR) is 185 cm³/mol. The van der Waals surface area contributed by atoms with Gasteiger partial charge in [-0.05, 0) is 122 Å². The summed E-state index contributed by atoms with van der Waals surface area (Å²) in [4.78, 5) is 51.1. The highest BCUT2D eigenvalue weighted by Gasteiger charge is 2.70. The monoisotopic (exact) mass is 667 g/mol. The van der Waals surface area contributed by atoms with Gasteiger partial charge in [0.25, 0.3) is 0 Å². The average Bonchev–Trinajstić information content (AvgIpc) is 3.29. The highest BCUT2D eigenvalue weighted by atomic mass is 16.5. The second-order valence-electron chi connectivity index (χ2n) is 18.4. The lowest BCUT2D eigenvalue weighted by atomic mass is 9.33. The molecule has 0 bridgehead atoms. The lowest BCUT2D eigenvalue weighted by Crippen LogP contribution is -2.65. The molecule has 0 aromatic rings. The van der Waals surface area contributed by atoms with E-state index in [1.54, 1.807) is 19.9 Å². The molecular formula is C40H61NO7. The van der Waals surface area contributed by atoms with Gasteiger partial charge < -0.3 is 20.3 Å². The van der Waals surface area contributed by atoms with Gasteiger partial charge in [-0.3, -0.25) is 19.2 Å². The molecule has 5 aliphatic carbocycles.